The molecule has 19 heavy (non-hydrogen) atoms. The van der Waals surface area contributed by atoms with Gasteiger partial charge < -0.3 is 9.64 Å². The number of rotatable bonds is 6. The summed E-state index contributed by atoms with van der Waals surface area (Å²) in [6.07, 6.45) is 3.56. The van der Waals surface area contributed by atoms with Crippen LogP contribution in [0.5, 0.6) is 0 Å². The highest BCUT2D eigenvalue weighted by molar-refractivity contribution is 5.79. The Balaban J connectivity index is 2.75. The standard InChI is InChI=1S/C13H23N5O/c1-4-18(9-12-5-7-15-8-6-12)13(17-14)16-11(2)10-19-3/h5-8,11H,4,9-10,14H2,1-3H3,(H,16,17). The van der Waals surface area contributed by atoms with Gasteiger partial charge in [-0.25, -0.2) is 10.8 Å². The minimum absolute atomic E-state index is 0.0579. The molecule has 0 aliphatic rings. The van der Waals surface area contributed by atoms with Crippen molar-refractivity contribution in [2.24, 2.45) is 10.8 Å². The zero-order chi connectivity index (χ0) is 14.1. The monoisotopic (exact) mass is 265 g/mol. The molecule has 0 aliphatic carbocycles. The fourth-order valence-corrected chi connectivity index (χ4v) is 1.74. The topological polar surface area (TPSA) is 75.8 Å². The molecular formula is C13H23N5O. The number of hydrogen-bond donors (Lipinski definition) is 2. The maximum atomic E-state index is 5.57. The summed E-state index contributed by atoms with van der Waals surface area (Å²) in [5.41, 5.74) is 3.83. The summed E-state index contributed by atoms with van der Waals surface area (Å²) in [6.45, 7) is 6.17. The number of aromatic nitrogens is 1. The molecule has 1 aromatic heterocycles. The molecule has 1 rings (SSSR count). The first-order chi connectivity index (χ1) is 9.21. The molecular weight excluding hydrogens is 242 g/mol. The summed E-state index contributed by atoms with van der Waals surface area (Å²) in [5.74, 6) is 6.24. The van der Waals surface area contributed by atoms with E-state index in [-0.39, 0.29) is 6.04 Å². The first-order valence-corrected chi connectivity index (χ1v) is 6.38. The Bertz CT molecular complexity index is 382. The summed E-state index contributed by atoms with van der Waals surface area (Å²) < 4.78 is 5.08. The van der Waals surface area contributed by atoms with E-state index >= 15 is 0 Å². The molecule has 1 aromatic rings. The van der Waals surface area contributed by atoms with Gasteiger partial charge in [0, 0.05) is 32.6 Å². The maximum Gasteiger partial charge on any atom is 0.209 e. The quantitative estimate of drug-likeness (QED) is 0.344. The zero-order valence-electron chi connectivity index (χ0n) is 11.8. The van der Waals surface area contributed by atoms with E-state index in [0.29, 0.717) is 12.6 Å². The molecule has 0 spiro atoms. The fraction of sp³-hybridized carbons (Fsp3) is 0.538. The van der Waals surface area contributed by atoms with Gasteiger partial charge in [-0.3, -0.25) is 10.4 Å². The van der Waals surface area contributed by atoms with Crippen LogP contribution in [0.1, 0.15) is 19.4 Å². The van der Waals surface area contributed by atoms with Crippen LogP contribution in [0.15, 0.2) is 29.5 Å². The van der Waals surface area contributed by atoms with Gasteiger partial charge in [-0.05, 0) is 31.5 Å². The molecule has 0 aliphatic heterocycles. The molecule has 3 N–H and O–H groups in total. The molecule has 1 heterocycles. The van der Waals surface area contributed by atoms with Crippen molar-refractivity contribution in [2.45, 2.75) is 26.4 Å². The van der Waals surface area contributed by atoms with Crippen LogP contribution in [0.4, 0.5) is 0 Å². The molecule has 0 saturated heterocycles. The maximum absolute atomic E-state index is 5.57. The smallest absolute Gasteiger partial charge is 0.209 e. The van der Waals surface area contributed by atoms with Crippen LogP contribution in [0.2, 0.25) is 0 Å². The van der Waals surface area contributed by atoms with Crippen molar-refractivity contribution in [3.05, 3.63) is 30.1 Å². The molecule has 0 amide bonds. The van der Waals surface area contributed by atoms with Gasteiger partial charge in [0.15, 0.2) is 0 Å². The summed E-state index contributed by atoms with van der Waals surface area (Å²) in [7, 11) is 1.66. The number of methoxy groups -OCH3 is 1. The number of nitrogens with zero attached hydrogens (tertiary/aromatic N) is 3. The van der Waals surface area contributed by atoms with Gasteiger partial charge in [-0.1, -0.05) is 0 Å². The van der Waals surface area contributed by atoms with E-state index in [2.05, 4.69) is 27.2 Å². The van der Waals surface area contributed by atoms with E-state index in [0.717, 1.165) is 13.1 Å². The number of nitrogens with two attached hydrogens (primary N) is 1. The van der Waals surface area contributed by atoms with Gasteiger partial charge in [0.2, 0.25) is 5.96 Å². The van der Waals surface area contributed by atoms with Crippen molar-refractivity contribution < 1.29 is 4.74 Å². The van der Waals surface area contributed by atoms with Crippen LogP contribution >= 0.6 is 0 Å². The Labute approximate surface area is 114 Å². The van der Waals surface area contributed by atoms with Crippen molar-refractivity contribution in [1.29, 1.82) is 0 Å². The SMILES string of the molecule is CCN(Cc1ccncc1)C(=NC(C)COC)NN. The van der Waals surface area contributed by atoms with E-state index in [1.807, 2.05) is 19.1 Å². The third-order valence-corrected chi connectivity index (χ3v) is 2.68. The molecule has 0 aromatic carbocycles. The summed E-state index contributed by atoms with van der Waals surface area (Å²) in [4.78, 5) is 10.6. The highest BCUT2D eigenvalue weighted by Crippen LogP contribution is 2.04. The third kappa shape index (κ3) is 5.23. The van der Waals surface area contributed by atoms with Gasteiger partial charge in [0.05, 0.1) is 12.6 Å². The first kappa shape index (κ1) is 15.4. The molecule has 0 saturated carbocycles. The predicted octanol–water partition coefficient (Wildman–Crippen LogP) is 0.758. The van der Waals surface area contributed by atoms with Crippen molar-refractivity contribution in [3.8, 4) is 0 Å². The van der Waals surface area contributed by atoms with Crippen LogP contribution in [0, 0.1) is 0 Å². The second-order valence-corrected chi connectivity index (χ2v) is 4.27. The van der Waals surface area contributed by atoms with Gasteiger partial charge in [-0.2, -0.15) is 0 Å². The largest absolute Gasteiger partial charge is 0.382 e. The lowest BCUT2D eigenvalue weighted by Gasteiger charge is -2.25. The number of guanidine groups is 1. The molecule has 6 nitrogen and oxygen atoms in total. The minimum atomic E-state index is 0.0579. The van der Waals surface area contributed by atoms with E-state index < -0.39 is 0 Å². The number of aliphatic imine (C=N–C) groups is 1. The molecule has 0 fully saturated rings. The molecule has 6 heteroatoms. The van der Waals surface area contributed by atoms with Gasteiger partial charge >= 0.3 is 0 Å². The number of hydrogen-bond acceptors (Lipinski definition) is 4. The molecule has 1 atom stereocenters. The van der Waals surface area contributed by atoms with Crippen LogP contribution < -0.4 is 11.3 Å². The summed E-state index contributed by atoms with van der Waals surface area (Å²) in [5, 5.41) is 0. The van der Waals surface area contributed by atoms with Crippen molar-refractivity contribution in [3.63, 3.8) is 0 Å². The average molecular weight is 265 g/mol. The van der Waals surface area contributed by atoms with Crippen LogP contribution in [0.3, 0.4) is 0 Å². The van der Waals surface area contributed by atoms with Crippen LogP contribution in [0.25, 0.3) is 0 Å². The van der Waals surface area contributed by atoms with Crippen molar-refractivity contribution >= 4 is 5.96 Å². The summed E-state index contributed by atoms with van der Waals surface area (Å²) in [6, 6.07) is 4.02. The summed E-state index contributed by atoms with van der Waals surface area (Å²) >= 11 is 0. The number of hydrazine groups is 1. The van der Waals surface area contributed by atoms with Crippen molar-refractivity contribution in [2.75, 3.05) is 20.3 Å². The van der Waals surface area contributed by atoms with Crippen LogP contribution in [-0.4, -0.2) is 42.1 Å². The Morgan fingerprint density at radius 1 is 1.53 bits per heavy atom. The Morgan fingerprint density at radius 2 is 2.21 bits per heavy atom. The normalized spacial score (nSPS) is 13.2. The Hall–Kier alpha value is -1.66. The average Bonchev–Trinajstić information content (AvgIpc) is 2.44. The van der Waals surface area contributed by atoms with Gasteiger partial charge in [0.25, 0.3) is 0 Å². The van der Waals surface area contributed by atoms with E-state index in [4.69, 9.17) is 10.6 Å². The number of nitrogens with one attached hydrogen (secondary N) is 1. The second-order valence-electron chi connectivity index (χ2n) is 4.27. The first-order valence-electron chi connectivity index (χ1n) is 6.38. The van der Waals surface area contributed by atoms with Crippen LogP contribution in [-0.2, 0) is 11.3 Å². The number of ether oxygens (including phenoxy) is 1. The molecule has 106 valence electrons. The molecule has 1 unspecified atom stereocenters. The highest BCUT2D eigenvalue weighted by Gasteiger charge is 2.10. The lowest BCUT2D eigenvalue weighted by Crippen LogP contribution is -2.45. The van der Waals surface area contributed by atoms with E-state index in [1.54, 1.807) is 19.5 Å². The predicted molar refractivity (Wildman–Crippen MR) is 76.4 cm³/mol. The number of pyridine rings is 1. The lowest BCUT2D eigenvalue weighted by molar-refractivity contribution is 0.185. The second kappa shape index (κ2) is 8.44. The Morgan fingerprint density at radius 3 is 2.74 bits per heavy atom. The van der Waals surface area contributed by atoms with Gasteiger partial charge in [-0.15, -0.1) is 0 Å². The van der Waals surface area contributed by atoms with Crippen molar-refractivity contribution in [1.82, 2.24) is 15.3 Å². The van der Waals surface area contributed by atoms with E-state index in [9.17, 15) is 0 Å². The molecule has 0 bridgehead atoms. The van der Waals surface area contributed by atoms with E-state index in [1.165, 1.54) is 5.56 Å². The minimum Gasteiger partial charge on any atom is -0.382 e. The third-order valence-electron chi connectivity index (χ3n) is 2.68. The molecule has 0 radical (unpaired) electrons. The van der Waals surface area contributed by atoms with Gasteiger partial charge in [0.1, 0.15) is 0 Å². The fourth-order valence-electron chi connectivity index (χ4n) is 1.74. The zero-order valence-corrected chi connectivity index (χ0v) is 11.8. The Kier molecular flexibility index (Phi) is 6.84. The lowest BCUT2D eigenvalue weighted by atomic mass is 10.2. The highest BCUT2D eigenvalue weighted by atomic mass is 16.5.